The zero-order valence-electron chi connectivity index (χ0n) is 20.4. The van der Waals surface area contributed by atoms with Crippen LogP contribution in [-0.2, 0) is 35.7 Å². The van der Waals surface area contributed by atoms with Gasteiger partial charge in [-0.15, -0.1) is 0 Å². The molecule has 0 unspecified atom stereocenters. The molecular formula is C25H30N2O9. The van der Waals surface area contributed by atoms with E-state index < -0.39 is 53.6 Å². The Labute approximate surface area is 207 Å². The summed E-state index contributed by atoms with van der Waals surface area (Å²) in [6.45, 7) is 2.06. The van der Waals surface area contributed by atoms with Crippen molar-refractivity contribution in [3.63, 3.8) is 0 Å². The van der Waals surface area contributed by atoms with Crippen molar-refractivity contribution in [2.24, 2.45) is 5.73 Å². The van der Waals surface area contributed by atoms with Gasteiger partial charge in [-0.3, -0.25) is 9.59 Å². The summed E-state index contributed by atoms with van der Waals surface area (Å²) in [6, 6.07) is 2.28. The number of nitrogens with two attached hydrogens (primary N) is 1. The number of likely N-dealkylation sites (tertiary alicyclic amines) is 1. The first kappa shape index (κ1) is 24.5. The lowest BCUT2D eigenvalue weighted by atomic mass is 9.50. The second-order valence-corrected chi connectivity index (χ2v) is 9.99. The molecule has 5 rings (SSSR count). The first-order chi connectivity index (χ1) is 17.0. The molecule has 2 heterocycles. The molecule has 11 nitrogen and oxygen atoms in total. The Hall–Kier alpha value is -3.15. The molecule has 1 saturated heterocycles. The number of hydrogen-bond acceptors (Lipinski definition) is 10. The van der Waals surface area contributed by atoms with Gasteiger partial charge in [-0.05, 0) is 51.1 Å². The predicted octanol–water partition coefficient (Wildman–Crippen LogP) is 0.250. The van der Waals surface area contributed by atoms with E-state index in [0.29, 0.717) is 24.3 Å². The number of aliphatic hydroxyl groups is 1. The largest absolute Gasteiger partial charge is 0.493 e. The van der Waals surface area contributed by atoms with E-state index in [1.165, 1.54) is 6.92 Å². The number of methoxy groups -OCH3 is 1. The summed E-state index contributed by atoms with van der Waals surface area (Å²) in [5.74, 6) is -1.79. The number of carboxylic acid groups (broad SMARTS) is 1. The van der Waals surface area contributed by atoms with Gasteiger partial charge in [0.05, 0.1) is 24.5 Å². The average molecular weight is 503 g/mol. The molecule has 0 radical (unpaired) electrons. The van der Waals surface area contributed by atoms with Gasteiger partial charge in [0, 0.05) is 18.0 Å². The van der Waals surface area contributed by atoms with Crippen LogP contribution < -0.4 is 15.2 Å². The SMILES string of the molecule is COc1ccc2c3c1O[C@@H]1C(OC(=O)[C@H](C)OC(=O)C[C@H](N)C(=O)O)=CC[C@]4(O)[C@H](C2)N(C)CC[C@@]314. The molecule has 36 heavy (non-hydrogen) atoms. The van der Waals surface area contributed by atoms with Gasteiger partial charge in [-0.1, -0.05) is 6.07 Å². The quantitative estimate of drug-likeness (QED) is 0.439. The zero-order valence-corrected chi connectivity index (χ0v) is 20.4. The Morgan fingerprint density at radius 2 is 2.08 bits per heavy atom. The van der Waals surface area contributed by atoms with Crippen LogP contribution >= 0.6 is 0 Å². The molecule has 194 valence electrons. The highest BCUT2D eigenvalue weighted by atomic mass is 16.6. The lowest BCUT2D eigenvalue weighted by molar-refractivity contribution is -0.175. The first-order valence-corrected chi connectivity index (χ1v) is 11.9. The highest BCUT2D eigenvalue weighted by molar-refractivity contribution is 5.84. The molecule has 0 saturated carbocycles. The maximum absolute atomic E-state index is 12.9. The minimum atomic E-state index is -1.43. The van der Waals surface area contributed by atoms with Crippen molar-refractivity contribution in [1.29, 1.82) is 0 Å². The van der Waals surface area contributed by atoms with Crippen LogP contribution in [0.15, 0.2) is 24.0 Å². The summed E-state index contributed by atoms with van der Waals surface area (Å²) in [5, 5.41) is 21.0. The number of likely N-dealkylation sites (N-methyl/N-ethyl adjacent to an activating group) is 1. The number of carboxylic acids is 1. The summed E-state index contributed by atoms with van der Waals surface area (Å²) in [5.41, 5.74) is 5.36. The van der Waals surface area contributed by atoms with Gasteiger partial charge in [0.2, 0.25) is 0 Å². The maximum atomic E-state index is 12.9. The van der Waals surface area contributed by atoms with Crippen LogP contribution in [0.25, 0.3) is 0 Å². The number of rotatable bonds is 7. The van der Waals surface area contributed by atoms with Crippen LogP contribution in [0.5, 0.6) is 11.5 Å². The molecule has 1 spiro atoms. The van der Waals surface area contributed by atoms with Gasteiger partial charge in [0.15, 0.2) is 23.7 Å². The van der Waals surface area contributed by atoms with Crippen molar-refractivity contribution >= 4 is 17.9 Å². The summed E-state index contributed by atoms with van der Waals surface area (Å²) in [4.78, 5) is 37.9. The molecule has 1 aromatic rings. The number of aliphatic carboxylic acids is 1. The first-order valence-electron chi connectivity index (χ1n) is 11.9. The number of carbonyl (C=O) groups is 3. The van der Waals surface area contributed by atoms with Crippen molar-refractivity contribution in [3.8, 4) is 11.5 Å². The topological polar surface area (TPSA) is 158 Å². The molecule has 2 aliphatic carbocycles. The molecule has 2 bridgehead atoms. The van der Waals surface area contributed by atoms with Crippen molar-refractivity contribution < 1.29 is 43.5 Å². The van der Waals surface area contributed by atoms with E-state index in [-0.39, 0.29) is 18.2 Å². The second kappa shape index (κ2) is 8.46. The number of ether oxygens (including phenoxy) is 4. The van der Waals surface area contributed by atoms with E-state index in [2.05, 4.69) is 4.90 Å². The van der Waals surface area contributed by atoms with Gasteiger partial charge >= 0.3 is 17.9 Å². The molecule has 4 N–H and O–H groups in total. The van der Waals surface area contributed by atoms with Gasteiger partial charge in [0.1, 0.15) is 11.8 Å². The summed E-state index contributed by atoms with van der Waals surface area (Å²) >= 11 is 0. The van der Waals surface area contributed by atoms with Crippen LogP contribution in [0.4, 0.5) is 0 Å². The Bertz CT molecular complexity index is 1170. The van der Waals surface area contributed by atoms with Crippen molar-refractivity contribution in [2.75, 3.05) is 20.7 Å². The molecule has 1 fully saturated rings. The Morgan fingerprint density at radius 1 is 1.33 bits per heavy atom. The van der Waals surface area contributed by atoms with Crippen LogP contribution in [0.2, 0.25) is 0 Å². The molecule has 4 aliphatic rings. The van der Waals surface area contributed by atoms with E-state index in [1.807, 2.05) is 19.2 Å². The van der Waals surface area contributed by atoms with Gasteiger partial charge in [0.25, 0.3) is 0 Å². The normalized spacial score (nSPS) is 31.3. The number of esters is 2. The van der Waals surface area contributed by atoms with Crippen molar-refractivity contribution in [2.45, 2.75) is 67.9 Å². The Kier molecular flexibility index (Phi) is 5.77. The molecule has 1 aromatic carbocycles. The van der Waals surface area contributed by atoms with E-state index in [4.69, 9.17) is 29.8 Å². The lowest BCUT2D eigenvalue weighted by Crippen LogP contribution is -2.74. The Morgan fingerprint density at radius 3 is 2.78 bits per heavy atom. The van der Waals surface area contributed by atoms with Crippen LogP contribution in [0.1, 0.15) is 37.3 Å². The zero-order chi connectivity index (χ0) is 26.0. The number of hydrogen-bond donors (Lipinski definition) is 3. The fraction of sp³-hybridized carbons (Fsp3) is 0.560. The fourth-order valence-corrected chi connectivity index (χ4v) is 6.35. The van der Waals surface area contributed by atoms with E-state index in [1.54, 1.807) is 13.2 Å². The van der Waals surface area contributed by atoms with Crippen molar-refractivity contribution in [3.05, 3.63) is 35.1 Å². The maximum Gasteiger partial charge on any atom is 0.352 e. The predicted molar refractivity (Wildman–Crippen MR) is 123 cm³/mol. The minimum absolute atomic E-state index is 0.143. The third kappa shape index (κ3) is 3.33. The van der Waals surface area contributed by atoms with Gasteiger partial charge in [-0.25, -0.2) is 4.79 Å². The monoisotopic (exact) mass is 502 g/mol. The second-order valence-electron chi connectivity index (χ2n) is 9.99. The van der Waals surface area contributed by atoms with Crippen LogP contribution in [0.3, 0.4) is 0 Å². The lowest BCUT2D eigenvalue weighted by Gasteiger charge is -2.61. The summed E-state index contributed by atoms with van der Waals surface area (Å²) < 4.78 is 22.7. The molecule has 0 amide bonds. The number of nitrogens with zero attached hydrogens (tertiary/aromatic N) is 1. The minimum Gasteiger partial charge on any atom is -0.493 e. The number of carbonyl (C=O) groups excluding carboxylic acids is 2. The highest BCUT2D eigenvalue weighted by Crippen LogP contribution is 2.65. The third-order valence-corrected chi connectivity index (χ3v) is 8.12. The smallest absolute Gasteiger partial charge is 0.352 e. The molecule has 11 heteroatoms. The van der Waals surface area contributed by atoms with Crippen molar-refractivity contribution in [1.82, 2.24) is 4.90 Å². The van der Waals surface area contributed by atoms with E-state index >= 15 is 0 Å². The van der Waals surface area contributed by atoms with Crippen LogP contribution in [0, 0.1) is 0 Å². The highest BCUT2D eigenvalue weighted by Gasteiger charge is 2.72. The number of benzene rings is 1. The number of piperidine rings is 1. The summed E-state index contributed by atoms with van der Waals surface area (Å²) in [7, 11) is 3.55. The van der Waals surface area contributed by atoms with E-state index in [0.717, 1.165) is 17.7 Å². The Balaban J connectivity index is 1.44. The molecule has 6 atom stereocenters. The molecular weight excluding hydrogens is 472 g/mol. The van der Waals surface area contributed by atoms with Gasteiger partial charge in [-0.2, -0.15) is 0 Å². The molecule has 0 aromatic heterocycles. The fourth-order valence-electron chi connectivity index (χ4n) is 6.35. The third-order valence-electron chi connectivity index (χ3n) is 8.12. The summed E-state index contributed by atoms with van der Waals surface area (Å²) in [6.07, 6.45) is 0.512. The molecule has 2 aliphatic heterocycles. The van der Waals surface area contributed by atoms with Crippen LogP contribution in [-0.4, -0.2) is 83.6 Å². The average Bonchev–Trinajstić information content (AvgIpc) is 3.18. The van der Waals surface area contributed by atoms with Gasteiger partial charge < -0.3 is 39.8 Å². The standard InChI is InChI=1S/C25H30N2O9/c1-12(34-18(28)11-14(26)22(29)30)23(31)35-16-6-7-25(32)17-10-13-4-5-15(33-3)20-19(13)24(25,21(16)36-20)8-9-27(17)2/h4-6,12,14,17,21,32H,7-11,26H2,1-3H3,(H,29,30)/t12-,14-,17-,21+,24+,25-/m0/s1. The van der Waals surface area contributed by atoms with E-state index in [9.17, 15) is 19.5 Å².